The molecule has 1 aliphatic carbocycles. The molecule has 7 heteroatoms. The molecule has 3 N–H and O–H groups in total. The second-order valence-corrected chi connectivity index (χ2v) is 6.32. The number of alkyl halides is 3. The highest BCUT2D eigenvalue weighted by molar-refractivity contribution is 5.74. The predicted octanol–water partition coefficient (Wildman–Crippen LogP) is 3.62. The zero-order chi connectivity index (χ0) is 17.7. The van der Waals surface area contributed by atoms with Crippen LogP contribution in [0.25, 0.3) is 0 Å². The molecule has 0 aliphatic heterocycles. The second kappa shape index (κ2) is 7.88. The minimum atomic E-state index is -4.45. The third-order valence-electron chi connectivity index (χ3n) is 4.52. The standard InChI is InChI=1S/C17H23F3N2O2/c1-11(14-4-2-3-5-15(14)17(18,19)20)21-16(24)22-13-8-6-12(10-23)7-9-13/h2-5,11-13,23H,6-10H2,1H3,(H2,21,22,24)/t11-,12?,13?/m0/s1. The van der Waals surface area contributed by atoms with Crippen LogP contribution in [0.3, 0.4) is 0 Å². The molecule has 4 nitrogen and oxygen atoms in total. The lowest BCUT2D eigenvalue weighted by Crippen LogP contribution is -2.44. The van der Waals surface area contributed by atoms with Gasteiger partial charge in [0.2, 0.25) is 0 Å². The van der Waals surface area contributed by atoms with Gasteiger partial charge in [0.1, 0.15) is 0 Å². The smallest absolute Gasteiger partial charge is 0.396 e. The van der Waals surface area contributed by atoms with Crippen LogP contribution in [0.1, 0.15) is 49.8 Å². The number of urea groups is 1. The van der Waals surface area contributed by atoms with Crippen LogP contribution in [-0.2, 0) is 6.18 Å². The molecule has 0 aromatic heterocycles. The van der Waals surface area contributed by atoms with Crippen molar-refractivity contribution in [1.29, 1.82) is 0 Å². The first-order chi connectivity index (χ1) is 11.3. The Labute approximate surface area is 139 Å². The molecule has 0 radical (unpaired) electrons. The van der Waals surface area contributed by atoms with Crippen LogP contribution in [0, 0.1) is 5.92 Å². The third kappa shape index (κ3) is 4.87. The van der Waals surface area contributed by atoms with Crippen molar-refractivity contribution in [2.45, 2.75) is 50.9 Å². The fourth-order valence-electron chi connectivity index (χ4n) is 3.12. The molecule has 0 bridgehead atoms. The van der Waals surface area contributed by atoms with Crippen LogP contribution in [0.4, 0.5) is 18.0 Å². The molecule has 2 rings (SSSR count). The van der Waals surface area contributed by atoms with E-state index in [4.69, 9.17) is 5.11 Å². The lowest BCUT2D eigenvalue weighted by molar-refractivity contribution is -0.138. The molecule has 24 heavy (non-hydrogen) atoms. The summed E-state index contributed by atoms with van der Waals surface area (Å²) in [6, 6.07) is 4.03. The molecule has 2 amide bonds. The average Bonchev–Trinajstić information content (AvgIpc) is 2.54. The van der Waals surface area contributed by atoms with Crippen LogP contribution in [0.15, 0.2) is 24.3 Å². The molecule has 0 heterocycles. The lowest BCUT2D eigenvalue weighted by Gasteiger charge is -2.28. The molecular formula is C17H23F3N2O2. The van der Waals surface area contributed by atoms with Crippen molar-refractivity contribution in [3.8, 4) is 0 Å². The summed E-state index contributed by atoms with van der Waals surface area (Å²) in [4.78, 5) is 12.1. The van der Waals surface area contributed by atoms with E-state index in [0.29, 0.717) is 0 Å². The number of nitrogens with one attached hydrogen (secondary N) is 2. The summed E-state index contributed by atoms with van der Waals surface area (Å²) >= 11 is 0. The Morgan fingerprint density at radius 3 is 2.46 bits per heavy atom. The quantitative estimate of drug-likeness (QED) is 0.781. The molecule has 1 fully saturated rings. The number of benzene rings is 1. The van der Waals surface area contributed by atoms with E-state index in [-0.39, 0.29) is 24.1 Å². The third-order valence-corrected chi connectivity index (χ3v) is 4.52. The summed E-state index contributed by atoms with van der Waals surface area (Å²) in [5, 5.41) is 14.5. The summed E-state index contributed by atoms with van der Waals surface area (Å²) in [6.45, 7) is 1.69. The summed E-state index contributed by atoms with van der Waals surface area (Å²) in [5.74, 6) is 0.281. The normalized spacial score (nSPS) is 22.7. The number of amides is 2. The van der Waals surface area contributed by atoms with Gasteiger partial charge in [-0.3, -0.25) is 0 Å². The van der Waals surface area contributed by atoms with Gasteiger partial charge in [0.05, 0.1) is 11.6 Å². The van der Waals surface area contributed by atoms with Gasteiger partial charge in [0, 0.05) is 12.6 Å². The van der Waals surface area contributed by atoms with Crippen molar-refractivity contribution in [3.05, 3.63) is 35.4 Å². The first-order valence-electron chi connectivity index (χ1n) is 8.15. The molecule has 0 saturated heterocycles. The maximum atomic E-state index is 13.0. The van der Waals surface area contributed by atoms with Gasteiger partial charge < -0.3 is 15.7 Å². The predicted molar refractivity (Wildman–Crippen MR) is 84.4 cm³/mol. The van der Waals surface area contributed by atoms with Gasteiger partial charge in [-0.1, -0.05) is 18.2 Å². The molecule has 0 unspecified atom stereocenters. The minimum absolute atomic E-state index is 0.00198. The topological polar surface area (TPSA) is 61.4 Å². The number of aliphatic hydroxyl groups is 1. The Bertz CT molecular complexity index is 555. The first-order valence-corrected chi connectivity index (χ1v) is 8.15. The highest BCUT2D eigenvalue weighted by Gasteiger charge is 2.34. The van der Waals surface area contributed by atoms with Crippen LogP contribution < -0.4 is 10.6 Å². The van der Waals surface area contributed by atoms with E-state index in [1.165, 1.54) is 25.1 Å². The summed E-state index contributed by atoms with van der Waals surface area (Å²) < 4.78 is 39.1. The highest BCUT2D eigenvalue weighted by atomic mass is 19.4. The number of hydrogen-bond acceptors (Lipinski definition) is 2. The average molecular weight is 344 g/mol. The molecule has 1 saturated carbocycles. The zero-order valence-corrected chi connectivity index (χ0v) is 13.6. The van der Waals surface area contributed by atoms with Crippen LogP contribution in [-0.4, -0.2) is 23.8 Å². The Hall–Kier alpha value is -1.76. The Morgan fingerprint density at radius 1 is 1.25 bits per heavy atom. The number of rotatable bonds is 4. The van der Waals surface area contributed by atoms with Gasteiger partial charge >= 0.3 is 12.2 Å². The van der Waals surface area contributed by atoms with Gasteiger partial charge in [-0.25, -0.2) is 4.79 Å². The number of carbonyl (C=O) groups excluding carboxylic acids is 1. The Kier molecular flexibility index (Phi) is 6.10. The molecule has 1 aromatic rings. The van der Waals surface area contributed by atoms with Crippen molar-refractivity contribution in [1.82, 2.24) is 10.6 Å². The van der Waals surface area contributed by atoms with Crippen LogP contribution in [0.5, 0.6) is 0 Å². The first kappa shape index (κ1) is 18.6. The second-order valence-electron chi connectivity index (χ2n) is 6.32. The van der Waals surface area contributed by atoms with Crippen LogP contribution in [0.2, 0.25) is 0 Å². The van der Waals surface area contributed by atoms with E-state index in [9.17, 15) is 18.0 Å². The Balaban J connectivity index is 1.93. The van der Waals surface area contributed by atoms with Gasteiger partial charge in [-0.2, -0.15) is 13.2 Å². The van der Waals surface area contributed by atoms with Gasteiger partial charge in [0.25, 0.3) is 0 Å². The van der Waals surface area contributed by atoms with Gasteiger partial charge in [-0.15, -0.1) is 0 Å². The van der Waals surface area contributed by atoms with Crippen molar-refractivity contribution < 1.29 is 23.1 Å². The number of hydrogen-bond donors (Lipinski definition) is 3. The molecular weight excluding hydrogens is 321 g/mol. The number of aliphatic hydroxyl groups excluding tert-OH is 1. The number of halogens is 3. The van der Waals surface area contributed by atoms with Crippen molar-refractivity contribution >= 4 is 6.03 Å². The fourth-order valence-corrected chi connectivity index (χ4v) is 3.12. The molecule has 1 aliphatic rings. The lowest BCUT2D eigenvalue weighted by atomic mass is 9.87. The van der Waals surface area contributed by atoms with E-state index in [1.54, 1.807) is 0 Å². The highest BCUT2D eigenvalue weighted by Crippen LogP contribution is 2.34. The summed E-state index contributed by atoms with van der Waals surface area (Å²) in [6.07, 6.45) is -1.23. The summed E-state index contributed by atoms with van der Waals surface area (Å²) in [5.41, 5.74) is -0.689. The molecule has 1 aromatic carbocycles. The zero-order valence-electron chi connectivity index (χ0n) is 13.6. The summed E-state index contributed by atoms with van der Waals surface area (Å²) in [7, 11) is 0. The molecule has 1 atom stereocenters. The minimum Gasteiger partial charge on any atom is -0.396 e. The van der Waals surface area contributed by atoms with E-state index in [2.05, 4.69) is 10.6 Å². The SMILES string of the molecule is C[C@H](NC(=O)NC1CCC(CO)CC1)c1ccccc1C(F)(F)F. The fraction of sp³-hybridized carbons (Fsp3) is 0.588. The molecule has 0 spiro atoms. The van der Waals surface area contributed by atoms with Gasteiger partial charge in [-0.05, 0) is 50.2 Å². The largest absolute Gasteiger partial charge is 0.416 e. The molecule has 134 valence electrons. The van der Waals surface area contributed by atoms with E-state index >= 15 is 0 Å². The number of carbonyl (C=O) groups is 1. The van der Waals surface area contributed by atoms with Crippen molar-refractivity contribution in [2.24, 2.45) is 5.92 Å². The van der Waals surface area contributed by atoms with Crippen LogP contribution >= 0.6 is 0 Å². The maximum Gasteiger partial charge on any atom is 0.416 e. The van der Waals surface area contributed by atoms with E-state index in [0.717, 1.165) is 31.7 Å². The maximum absolute atomic E-state index is 13.0. The monoisotopic (exact) mass is 344 g/mol. The van der Waals surface area contributed by atoms with Crippen molar-refractivity contribution in [3.63, 3.8) is 0 Å². The van der Waals surface area contributed by atoms with E-state index in [1.807, 2.05) is 0 Å². The van der Waals surface area contributed by atoms with Gasteiger partial charge in [0.15, 0.2) is 0 Å². The Morgan fingerprint density at radius 2 is 1.88 bits per heavy atom. The van der Waals surface area contributed by atoms with E-state index < -0.39 is 23.8 Å². The van der Waals surface area contributed by atoms with Crippen molar-refractivity contribution in [2.75, 3.05) is 6.61 Å².